The molecule has 0 saturated carbocycles. The molecule has 0 radical (unpaired) electrons. The van der Waals surface area contributed by atoms with Crippen LogP contribution in [0.1, 0.15) is 39.0 Å². The zero-order valence-corrected chi connectivity index (χ0v) is 16.5. The molecule has 0 amide bonds. The molecule has 0 rings (SSSR count). The largest absolute Gasteiger partial charge is 0.462 e. The zero-order chi connectivity index (χ0) is 25.8. The summed E-state index contributed by atoms with van der Waals surface area (Å²) in [4.78, 5) is 11.1. The number of carbonyl (C=O) groups excluding carboxylic acids is 1. The van der Waals surface area contributed by atoms with E-state index in [1.165, 1.54) is 0 Å². The number of aliphatic hydroxyl groups excluding tert-OH is 1. The Kier molecular flexibility index (Phi) is 9.55. The molecule has 0 saturated heterocycles. The minimum absolute atomic E-state index is 0.280. The molecule has 0 aliphatic heterocycles. The Balaban J connectivity index is 5.70. The lowest BCUT2D eigenvalue weighted by atomic mass is 9.88. The van der Waals surface area contributed by atoms with Gasteiger partial charge < -0.3 is 9.84 Å². The Bertz CT molecular complexity index is 661. The number of ether oxygens (including phenoxy) is 1. The number of rotatable bonds is 14. The fourth-order valence-corrected chi connectivity index (χ4v) is 2.19. The normalized spacial score (nSPS) is 14.4. The molecule has 0 aromatic heterocycles. The van der Waals surface area contributed by atoms with Gasteiger partial charge in [-0.3, -0.25) is 0 Å². The van der Waals surface area contributed by atoms with Crippen molar-refractivity contribution in [2.24, 2.45) is 0 Å². The fraction of sp³-hybridized carbons (Fsp3) is 0.824. The minimum Gasteiger partial charge on any atom is -0.462 e. The molecular weight excluding hydrogens is 480 g/mol. The van der Waals surface area contributed by atoms with Gasteiger partial charge in [0.25, 0.3) is 0 Å². The summed E-state index contributed by atoms with van der Waals surface area (Å²) in [5.41, 5.74) is -0.598. The van der Waals surface area contributed by atoms with Gasteiger partial charge in [-0.1, -0.05) is 19.9 Å². The topological polar surface area (TPSA) is 46.5 Å². The van der Waals surface area contributed by atoms with Crippen LogP contribution in [0.5, 0.6) is 0 Å². The van der Waals surface area contributed by atoms with E-state index >= 15 is 0 Å². The number of alkyl halides is 12. The highest BCUT2D eigenvalue weighted by atomic mass is 19.4. The highest BCUT2D eigenvalue weighted by Gasteiger charge is 2.89. The van der Waals surface area contributed by atoms with Crippen LogP contribution in [0.3, 0.4) is 0 Å². The van der Waals surface area contributed by atoms with E-state index in [-0.39, 0.29) is 6.42 Å². The number of aliphatic hydroxyl groups is 1. The Labute approximate surface area is 174 Å². The maximum Gasteiger partial charge on any atom is 0.384 e. The molecule has 0 aromatic rings. The number of hydrogen-bond acceptors (Lipinski definition) is 3. The van der Waals surface area contributed by atoms with E-state index in [0.29, 0.717) is 0 Å². The molecule has 0 bridgehead atoms. The van der Waals surface area contributed by atoms with Crippen molar-refractivity contribution in [2.75, 3.05) is 13.2 Å². The second-order valence-corrected chi connectivity index (χ2v) is 6.81. The molecule has 0 spiro atoms. The molecule has 0 atom stereocenters. The minimum atomic E-state index is -7.61. The number of esters is 1. The van der Waals surface area contributed by atoms with Crippen molar-refractivity contribution < 1.29 is 67.3 Å². The average molecular weight is 500 g/mol. The van der Waals surface area contributed by atoms with E-state index in [0.717, 1.165) is 6.92 Å². The van der Waals surface area contributed by atoms with Gasteiger partial charge in [0.05, 0.1) is 18.8 Å². The van der Waals surface area contributed by atoms with Crippen molar-refractivity contribution in [1.29, 1.82) is 0 Å². The van der Waals surface area contributed by atoms with Crippen LogP contribution in [0.15, 0.2) is 12.2 Å². The standard InChI is InChI=1S/C17H20F12O3/c1-3-4-6-12(18,19)14(22,23)16(26,27)17(28,29)15(24,25)13(20,21)7-5-8-32-11(31)10(2)9-30/h30H,2-9H2,1H3. The summed E-state index contributed by atoms with van der Waals surface area (Å²) in [7, 11) is 0. The van der Waals surface area contributed by atoms with Crippen LogP contribution in [-0.2, 0) is 9.53 Å². The molecule has 32 heavy (non-hydrogen) atoms. The van der Waals surface area contributed by atoms with Crippen LogP contribution < -0.4 is 0 Å². The zero-order valence-electron chi connectivity index (χ0n) is 16.5. The molecule has 0 unspecified atom stereocenters. The molecule has 0 aliphatic carbocycles. The van der Waals surface area contributed by atoms with Crippen LogP contribution >= 0.6 is 0 Å². The van der Waals surface area contributed by atoms with E-state index in [1.54, 1.807) is 0 Å². The second-order valence-electron chi connectivity index (χ2n) is 6.81. The summed E-state index contributed by atoms with van der Waals surface area (Å²) in [6.07, 6.45) is -6.97. The van der Waals surface area contributed by atoms with Crippen LogP contribution in [0.2, 0.25) is 0 Å². The maximum atomic E-state index is 13.7. The van der Waals surface area contributed by atoms with Gasteiger partial charge in [-0.2, -0.15) is 52.7 Å². The highest BCUT2D eigenvalue weighted by Crippen LogP contribution is 2.61. The maximum absolute atomic E-state index is 13.7. The predicted octanol–water partition coefficient (Wildman–Crippen LogP) is 5.86. The quantitative estimate of drug-likeness (QED) is 0.141. The van der Waals surface area contributed by atoms with Crippen LogP contribution in [-0.4, -0.2) is 59.8 Å². The molecular formula is C17H20F12O3. The van der Waals surface area contributed by atoms with Crippen molar-refractivity contribution in [1.82, 2.24) is 0 Å². The van der Waals surface area contributed by atoms with Crippen LogP contribution in [0, 0.1) is 0 Å². The van der Waals surface area contributed by atoms with Crippen molar-refractivity contribution in [3.8, 4) is 0 Å². The summed E-state index contributed by atoms with van der Waals surface area (Å²) >= 11 is 0. The number of carbonyl (C=O) groups is 1. The van der Waals surface area contributed by atoms with Gasteiger partial charge in [-0.05, 0) is 12.8 Å². The van der Waals surface area contributed by atoms with Crippen LogP contribution in [0.25, 0.3) is 0 Å². The van der Waals surface area contributed by atoms with Gasteiger partial charge in [0.2, 0.25) is 0 Å². The number of hydrogen-bond donors (Lipinski definition) is 1. The lowest BCUT2D eigenvalue weighted by molar-refractivity contribution is -0.425. The highest BCUT2D eigenvalue weighted by molar-refractivity contribution is 5.87. The molecule has 1 N–H and O–H groups in total. The van der Waals surface area contributed by atoms with Gasteiger partial charge in [0.1, 0.15) is 0 Å². The fourth-order valence-electron chi connectivity index (χ4n) is 2.19. The van der Waals surface area contributed by atoms with E-state index in [2.05, 4.69) is 11.3 Å². The monoisotopic (exact) mass is 500 g/mol. The van der Waals surface area contributed by atoms with Crippen molar-refractivity contribution in [3.05, 3.63) is 12.2 Å². The summed E-state index contributed by atoms with van der Waals surface area (Å²) < 4.78 is 168. The third-order valence-electron chi connectivity index (χ3n) is 4.29. The van der Waals surface area contributed by atoms with E-state index in [1.807, 2.05) is 0 Å². The summed E-state index contributed by atoms with van der Waals surface area (Å²) in [6, 6.07) is 0. The Morgan fingerprint density at radius 1 is 0.750 bits per heavy atom. The first-order chi connectivity index (χ1) is 14.2. The summed E-state index contributed by atoms with van der Waals surface area (Å²) in [5, 5.41) is 8.55. The second kappa shape index (κ2) is 10.1. The van der Waals surface area contributed by atoms with E-state index in [9.17, 15) is 57.5 Å². The van der Waals surface area contributed by atoms with E-state index in [4.69, 9.17) is 5.11 Å². The Morgan fingerprint density at radius 2 is 1.12 bits per heavy atom. The third kappa shape index (κ3) is 5.45. The number of halogens is 12. The first kappa shape index (κ1) is 30.3. The van der Waals surface area contributed by atoms with Gasteiger partial charge in [0.15, 0.2) is 0 Å². The summed E-state index contributed by atoms with van der Waals surface area (Å²) in [5.74, 6) is -42.9. The third-order valence-corrected chi connectivity index (χ3v) is 4.29. The van der Waals surface area contributed by atoms with Gasteiger partial charge >= 0.3 is 41.5 Å². The van der Waals surface area contributed by atoms with Crippen molar-refractivity contribution in [2.45, 2.75) is 74.6 Å². The van der Waals surface area contributed by atoms with E-state index < -0.39 is 86.0 Å². The first-order valence-electron chi connectivity index (χ1n) is 8.90. The lowest BCUT2D eigenvalue weighted by Gasteiger charge is -2.41. The van der Waals surface area contributed by atoms with Crippen LogP contribution in [0.4, 0.5) is 52.7 Å². The Hall–Kier alpha value is -1.67. The molecule has 0 heterocycles. The molecule has 0 aliphatic rings. The predicted molar refractivity (Wildman–Crippen MR) is 85.6 cm³/mol. The van der Waals surface area contributed by atoms with Crippen molar-refractivity contribution >= 4 is 5.97 Å². The van der Waals surface area contributed by atoms with Crippen molar-refractivity contribution in [3.63, 3.8) is 0 Å². The molecule has 190 valence electrons. The van der Waals surface area contributed by atoms with Gasteiger partial charge in [0, 0.05) is 12.8 Å². The molecule has 0 fully saturated rings. The molecule has 3 nitrogen and oxygen atoms in total. The molecule has 0 aromatic carbocycles. The van der Waals surface area contributed by atoms with Gasteiger partial charge in [-0.25, -0.2) is 4.79 Å². The van der Waals surface area contributed by atoms with Gasteiger partial charge in [-0.15, -0.1) is 0 Å². The summed E-state index contributed by atoms with van der Waals surface area (Å²) in [6.45, 7) is 2.00. The average Bonchev–Trinajstić information content (AvgIpc) is 2.67. The lowest BCUT2D eigenvalue weighted by Crippen LogP contribution is -2.70. The Morgan fingerprint density at radius 3 is 1.47 bits per heavy atom. The SMILES string of the molecule is C=C(CO)C(=O)OCCCC(F)(F)C(F)(F)C(F)(F)C(F)(F)C(F)(F)C(F)(F)CCCC. The smallest absolute Gasteiger partial charge is 0.384 e. The number of unbranched alkanes of at least 4 members (excludes halogenated alkanes) is 1. The molecule has 15 heteroatoms. The first-order valence-corrected chi connectivity index (χ1v) is 8.90.